The lowest BCUT2D eigenvalue weighted by Crippen LogP contribution is -2.20. The molecule has 0 aromatic heterocycles. The van der Waals surface area contributed by atoms with E-state index in [4.69, 9.17) is 11.6 Å². The minimum absolute atomic E-state index is 0.692. The van der Waals surface area contributed by atoms with Crippen LogP contribution in [0.4, 0.5) is 0 Å². The van der Waals surface area contributed by atoms with Crippen molar-refractivity contribution in [3.8, 4) is 0 Å². The normalized spacial score (nSPS) is 19.0. The Morgan fingerprint density at radius 3 is 2.57 bits per heavy atom. The van der Waals surface area contributed by atoms with Gasteiger partial charge in [-0.1, -0.05) is 43.1 Å². The zero-order valence-electron chi connectivity index (χ0n) is 8.67. The predicted molar refractivity (Wildman–Crippen MR) is 61.8 cm³/mol. The van der Waals surface area contributed by atoms with Crippen LogP contribution in [0.2, 0.25) is 5.02 Å². The first-order chi connectivity index (χ1) is 6.83. The maximum Gasteiger partial charge on any atom is 0.0440 e. The summed E-state index contributed by atoms with van der Waals surface area (Å²) in [5.41, 5.74) is 1.36. The van der Waals surface area contributed by atoms with Gasteiger partial charge in [-0.25, -0.2) is 0 Å². The van der Waals surface area contributed by atoms with Crippen molar-refractivity contribution in [3.05, 3.63) is 34.9 Å². The molecule has 0 saturated heterocycles. The van der Waals surface area contributed by atoms with Gasteiger partial charge in [0, 0.05) is 5.02 Å². The molecule has 0 nitrogen and oxygen atoms in total. The van der Waals surface area contributed by atoms with E-state index in [2.05, 4.69) is 19.1 Å². The highest BCUT2D eigenvalue weighted by Gasteiger charge is 2.27. The number of rotatable bonds is 3. The van der Waals surface area contributed by atoms with Crippen LogP contribution in [-0.4, -0.2) is 0 Å². The summed E-state index contributed by atoms with van der Waals surface area (Å²) in [5, 5.41) is 0.950. The van der Waals surface area contributed by atoms with Gasteiger partial charge in [0.15, 0.2) is 0 Å². The number of hydrogen-bond donors (Lipinski definition) is 0. The first kappa shape index (κ1) is 10.0. The molecule has 1 unspecified atom stereocenters. The van der Waals surface area contributed by atoms with Crippen LogP contribution >= 0.6 is 11.6 Å². The van der Waals surface area contributed by atoms with Crippen molar-refractivity contribution in [2.24, 2.45) is 5.92 Å². The lowest BCUT2D eigenvalue weighted by atomic mass is 9.72. The molecular weight excluding hydrogens is 192 g/mol. The fourth-order valence-corrected chi connectivity index (χ4v) is 2.70. The smallest absolute Gasteiger partial charge is 0.0440 e. The number of hydrogen-bond acceptors (Lipinski definition) is 0. The molecule has 1 aromatic carbocycles. The molecule has 14 heavy (non-hydrogen) atoms. The van der Waals surface area contributed by atoms with E-state index < -0.39 is 0 Å². The molecular formula is C13H17Cl. The van der Waals surface area contributed by atoms with Crippen molar-refractivity contribution in [1.29, 1.82) is 0 Å². The van der Waals surface area contributed by atoms with E-state index >= 15 is 0 Å². The second-order valence-electron chi connectivity index (χ2n) is 4.23. The summed E-state index contributed by atoms with van der Waals surface area (Å²) in [6.07, 6.45) is 5.41. The van der Waals surface area contributed by atoms with Crippen LogP contribution in [0.25, 0.3) is 0 Å². The van der Waals surface area contributed by atoms with E-state index in [9.17, 15) is 0 Å². The highest BCUT2D eigenvalue weighted by atomic mass is 35.5. The van der Waals surface area contributed by atoms with Crippen LogP contribution in [0, 0.1) is 5.92 Å². The first-order valence-electron chi connectivity index (χ1n) is 5.57. The average Bonchev–Trinajstić information content (AvgIpc) is 2.12. The van der Waals surface area contributed by atoms with E-state index in [1.807, 2.05) is 12.1 Å². The largest absolute Gasteiger partial charge is 0.0840 e. The zero-order valence-corrected chi connectivity index (χ0v) is 9.43. The molecule has 1 fully saturated rings. The van der Waals surface area contributed by atoms with E-state index in [0.29, 0.717) is 5.92 Å². The van der Waals surface area contributed by atoms with Crippen LogP contribution in [0.15, 0.2) is 24.3 Å². The van der Waals surface area contributed by atoms with Crippen LogP contribution in [-0.2, 0) is 0 Å². The summed E-state index contributed by atoms with van der Waals surface area (Å²) in [6, 6.07) is 8.31. The SMILES string of the molecule is CCC(c1ccccc1Cl)C1CCC1. The third kappa shape index (κ3) is 1.81. The van der Waals surface area contributed by atoms with Gasteiger partial charge in [-0.2, -0.15) is 0 Å². The second kappa shape index (κ2) is 4.35. The van der Waals surface area contributed by atoms with E-state index in [1.165, 1.54) is 31.2 Å². The van der Waals surface area contributed by atoms with Gasteiger partial charge in [0.1, 0.15) is 0 Å². The standard InChI is InChI=1S/C13H17Cl/c1-2-11(10-6-5-7-10)12-8-3-4-9-13(12)14/h3-4,8-11H,2,5-7H2,1H3. The summed E-state index contributed by atoms with van der Waals surface area (Å²) in [5.74, 6) is 1.58. The molecule has 0 heterocycles. The monoisotopic (exact) mass is 208 g/mol. The minimum Gasteiger partial charge on any atom is -0.0840 e. The molecule has 1 saturated carbocycles. The lowest BCUT2D eigenvalue weighted by Gasteiger charge is -2.34. The third-order valence-electron chi connectivity index (χ3n) is 3.46. The maximum absolute atomic E-state index is 6.22. The van der Waals surface area contributed by atoms with Crippen LogP contribution in [0.1, 0.15) is 44.1 Å². The van der Waals surface area contributed by atoms with Crippen molar-refractivity contribution in [2.45, 2.75) is 38.5 Å². The Hall–Kier alpha value is -0.490. The molecule has 0 bridgehead atoms. The topological polar surface area (TPSA) is 0 Å². The molecule has 2 rings (SSSR count). The minimum atomic E-state index is 0.692. The quantitative estimate of drug-likeness (QED) is 0.679. The van der Waals surface area contributed by atoms with Gasteiger partial charge in [0.2, 0.25) is 0 Å². The summed E-state index contributed by atoms with van der Waals surface area (Å²) >= 11 is 6.22. The highest BCUT2D eigenvalue weighted by molar-refractivity contribution is 6.31. The molecule has 1 heteroatoms. The van der Waals surface area contributed by atoms with E-state index in [1.54, 1.807) is 0 Å². The predicted octanol–water partition coefficient (Wildman–Crippen LogP) is 4.63. The maximum atomic E-state index is 6.22. The molecule has 0 aliphatic heterocycles. The molecule has 1 aliphatic rings. The van der Waals surface area contributed by atoms with Crippen molar-refractivity contribution in [1.82, 2.24) is 0 Å². The van der Waals surface area contributed by atoms with Crippen LogP contribution < -0.4 is 0 Å². The van der Waals surface area contributed by atoms with Crippen LogP contribution in [0.5, 0.6) is 0 Å². The fraction of sp³-hybridized carbons (Fsp3) is 0.538. The summed E-state index contributed by atoms with van der Waals surface area (Å²) in [7, 11) is 0. The van der Waals surface area contributed by atoms with Crippen LogP contribution in [0.3, 0.4) is 0 Å². The molecule has 0 N–H and O–H groups in total. The Kier molecular flexibility index (Phi) is 3.12. The Bertz CT molecular complexity index is 302. The van der Waals surface area contributed by atoms with Gasteiger partial charge in [-0.15, -0.1) is 0 Å². The van der Waals surface area contributed by atoms with Gasteiger partial charge in [0.25, 0.3) is 0 Å². The molecule has 0 spiro atoms. The second-order valence-corrected chi connectivity index (χ2v) is 4.63. The van der Waals surface area contributed by atoms with Gasteiger partial charge in [-0.3, -0.25) is 0 Å². The average molecular weight is 209 g/mol. The molecule has 1 aliphatic carbocycles. The first-order valence-corrected chi connectivity index (χ1v) is 5.95. The molecule has 1 atom stereocenters. The van der Waals surface area contributed by atoms with Crippen molar-refractivity contribution in [2.75, 3.05) is 0 Å². The number of halogens is 1. The Morgan fingerprint density at radius 1 is 1.36 bits per heavy atom. The summed E-state index contributed by atoms with van der Waals surface area (Å²) in [6.45, 7) is 2.27. The van der Waals surface area contributed by atoms with Gasteiger partial charge in [0.05, 0.1) is 0 Å². The number of benzene rings is 1. The van der Waals surface area contributed by atoms with Crippen molar-refractivity contribution in [3.63, 3.8) is 0 Å². The Morgan fingerprint density at radius 2 is 2.07 bits per heavy atom. The Balaban J connectivity index is 2.22. The molecule has 1 aromatic rings. The fourth-order valence-electron chi connectivity index (χ4n) is 2.43. The van der Waals surface area contributed by atoms with Crippen molar-refractivity contribution < 1.29 is 0 Å². The lowest BCUT2D eigenvalue weighted by molar-refractivity contribution is 0.256. The summed E-state index contributed by atoms with van der Waals surface area (Å²) < 4.78 is 0. The van der Waals surface area contributed by atoms with E-state index in [-0.39, 0.29) is 0 Å². The molecule has 0 radical (unpaired) electrons. The van der Waals surface area contributed by atoms with Gasteiger partial charge >= 0.3 is 0 Å². The van der Waals surface area contributed by atoms with Gasteiger partial charge < -0.3 is 0 Å². The zero-order chi connectivity index (χ0) is 9.97. The summed E-state index contributed by atoms with van der Waals surface area (Å²) in [4.78, 5) is 0. The Labute approximate surface area is 91.3 Å². The van der Waals surface area contributed by atoms with Crippen molar-refractivity contribution >= 4 is 11.6 Å². The van der Waals surface area contributed by atoms with Gasteiger partial charge in [-0.05, 0) is 42.7 Å². The highest BCUT2D eigenvalue weighted by Crippen LogP contribution is 2.42. The third-order valence-corrected chi connectivity index (χ3v) is 3.81. The molecule has 0 amide bonds. The molecule has 76 valence electrons. The van der Waals surface area contributed by atoms with E-state index in [0.717, 1.165) is 10.9 Å².